The van der Waals surface area contributed by atoms with Gasteiger partial charge in [0.25, 0.3) is 0 Å². The van der Waals surface area contributed by atoms with Crippen LogP contribution in [0.15, 0.2) is 0 Å². The largest absolute Gasteiger partial charge is 0.368 e. The van der Waals surface area contributed by atoms with E-state index in [0.717, 1.165) is 6.42 Å². The van der Waals surface area contributed by atoms with Gasteiger partial charge in [0.1, 0.15) is 0 Å². The molecule has 1 fully saturated rings. The molecule has 5 unspecified atom stereocenters. The zero-order chi connectivity index (χ0) is 22.2. The monoisotopic (exact) mass is 444 g/mol. The molecule has 5 atom stereocenters. The molecule has 0 saturated heterocycles. The lowest BCUT2D eigenvalue weighted by Gasteiger charge is -2.47. The maximum absolute atomic E-state index is 6.99. The van der Waals surface area contributed by atoms with E-state index in [0.29, 0.717) is 5.92 Å². The smallest absolute Gasteiger partial charge is 0.0816 e. The second-order valence-electron chi connectivity index (χ2n) is 10.9. The van der Waals surface area contributed by atoms with Crippen molar-refractivity contribution in [1.82, 2.24) is 0 Å². The molecule has 28 heavy (non-hydrogen) atoms. The van der Waals surface area contributed by atoms with Gasteiger partial charge in [-0.1, -0.05) is 60.5 Å². The van der Waals surface area contributed by atoms with Crippen molar-refractivity contribution in [2.24, 2.45) is 11.3 Å². The molecule has 0 aromatic heterocycles. The molecule has 164 valence electrons. The van der Waals surface area contributed by atoms with Gasteiger partial charge in [0, 0.05) is 0 Å². The standard InChI is InChI=1S/C23H48BOP3/c1-13-26(9,10)17-28(12,18-27(11,14-2)15-3)23(7,8)25-20-16-21(24)22(5,6)19(20)4/h19-21H,9,11-18H2,1-8,10H3. The number of hydrogen-bond donors (Lipinski definition) is 0. The van der Waals surface area contributed by atoms with E-state index in [-0.39, 0.29) is 22.7 Å². The van der Waals surface area contributed by atoms with Crippen molar-refractivity contribution < 1.29 is 4.74 Å². The van der Waals surface area contributed by atoms with E-state index >= 15 is 0 Å². The highest BCUT2D eigenvalue weighted by Crippen LogP contribution is 2.73. The average molecular weight is 444 g/mol. The molecule has 1 nitrogen and oxygen atoms in total. The van der Waals surface area contributed by atoms with Crippen LogP contribution in [0.5, 0.6) is 0 Å². The summed E-state index contributed by atoms with van der Waals surface area (Å²) in [6.45, 7) is 16.8. The van der Waals surface area contributed by atoms with Crippen LogP contribution in [0.25, 0.3) is 0 Å². The van der Waals surface area contributed by atoms with Crippen LogP contribution >= 0.6 is 20.7 Å². The first-order chi connectivity index (χ1) is 12.5. The van der Waals surface area contributed by atoms with Crippen molar-refractivity contribution in [3.05, 3.63) is 0 Å². The Kier molecular flexibility index (Phi) is 8.85. The molecule has 1 aliphatic carbocycles. The Morgan fingerprint density at radius 3 is 1.89 bits per heavy atom. The van der Waals surface area contributed by atoms with E-state index in [9.17, 15) is 0 Å². The third-order valence-electron chi connectivity index (χ3n) is 8.04. The fraction of sp³-hybridized carbons (Fsp3) is 0.870. The van der Waals surface area contributed by atoms with Crippen LogP contribution in [0.1, 0.15) is 61.8 Å². The summed E-state index contributed by atoms with van der Waals surface area (Å²) in [5.41, 5.74) is 0.121. The second kappa shape index (κ2) is 9.19. The Bertz CT molecular complexity index is 671. The molecule has 0 spiro atoms. The molecule has 5 heteroatoms. The lowest BCUT2D eigenvalue weighted by atomic mass is 9.67. The highest BCUT2D eigenvalue weighted by atomic mass is 31.2. The first-order valence-corrected chi connectivity index (χ1v) is 18.7. The average Bonchev–Trinajstić information content (AvgIpc) is 2.76. The van der Waals surface area contributed by atoms with Crippen LogP contribution in [0, 0.1) is 11.3 Å². The molecular formula is C23H48BOP3. The van der Waals surface area contributed by atoms with Crippen molar-refractivity contribution in [2.75, 3.05) is 37.0 Å². The Balaban J connectivity index is 3.29. The van der Waals surface area contributed by atoms with Gasteiger partial charge in [-0.3, -0.25) is 0 Å². The van der Waals surface area contributed by atoms with Crippen molar-refractivity contribution in [2.45, 2.75) is 79.1 Å². The van der Waals surface area contributed by atoms with Gasteiger partial charge in [-0.25, -0.2) is 0 Å². The van der Waals surface area contributed by atoms with Crippen LogP contribution in [0.3, 0.4) is 0 Å². The first-order valence-electron chi connectivity index (χ1n) is 11.0. The Hall–Kier alpha value is 0.925. The Morgan fingerprint density at radius 1 is 1.04 bits per heavy atom. The summed E-state index contributed by atoms with van der Waals surface area (Å²) in [5.74, 6) is 3.03. The minimum Gasteiger partial charge on any atom is -0.368 e. The minimum atomic E-state index is -1.64. The molecule has 1 aliphatic rings. The number of rotatable bonds is 10. The van der Waals surface area contributed by atoms with Crippen LogP contribution in [0.2, 0.25) is 5.82 Å². The predicted octanol–water partition coefficient (Wildman–Crippen LogP) is 7.08. The van der Waals surface area contributed by atoms with Crippen molar-refractivity contribution >= 4 is 47.4 Å². The maximum atomic E-state index is 6.99. The fourth-order valence-electron chi connectivity index (χ4n) is 4.34. The molecule has 0 amide bonds. The second-order valence-corrected chi connectivity index (χ2v) is 24.3. The van der Waals surface area contributed by atoms with Crippen LogP contribution in [0.4, 0.5) is 0 Å². The molecule has 0 bridgehead atoms. The fourth-order valence-corrected chi connectivity index (χ4v) is 21.3. The van der Waals surface area contributed by atoms with E-state index in [1.165, 1.54) is 30.3 Å². The summed E-state index contributed by atoms with van der Waals surface area (Å²) in [7, 11) is 6.49. The summed E-state index contributed by atoms with van der Waals surface area (Å²) in [6, 6.07) is 0. The van der Waals surface area contributed by atoms with Gasteiger partial charge >= 0.3 is 0 Å². The molecule has 0 aromatic carbocycles. The summed E-state index contributed by atoms with van der Waals surface area (Å²) in [6.07, 6.45) is 19.2. The molecule has 0 N–H and O–H groups in total. The highest BCUT2D eigenvalue weighted by molar-refractivity contribution is 7.96. The molecule has 0 aliphatic heterocycles. The SMILES string of the molecule is [B]C1CC(OC(C)(C)P(=C)(CP(=C)(C)CC)CP(=C)(CC)CC)C(C)C1(C)C. The van der Waals surface area contributed by atoms with Gasteiger partial charge in [-0.05, 0) is 68.6 Å². The van der Waals surface area contributed by atoms with Crippen LogP contribution < -0.4 is 0 Å². The lowest BCUT2D eigenvalue weighted by molar-refractivity contribution is -0.0440. The van der Waals surface area contributed by atoms with Crippen LogP contribution in [-0.2, 0) is 4.74 Å². The lowest BCUT2D eigenvalue weighted by Crippen LogP contribution is -2.36. The molecule has 2 radical (unpaired) electrons. The topological polar surface area (TPSA) is 9.23 Å². The molecule has 1 rings (SSSR count). The molecule has 1 saturated carbocycles. The van der Waals surface area contributed by atoms with Gasteiger partial charge in [0.2, 0.25) is 0 Å². The third kappa shape index (κ3) is 5.79. The molecule has 0 aromatic rings. The predicted molar refractivity (Wildman–Crippen MR) is 145 cm³/mol. The van der Waals surface area contributed by atoms with E-state index in [2.05, 4.69) is 68.4 Å². The van der Waals surface area contributed by atoms with Gasteiger partial charge < -0.3 is 4.74 Å². The number of hydrogen-bond acceptors (Lipinski definition) is 1. The first kappa shape index (κ1) is 27.0. The molecular weight excluding hydrogens is 396 g/mol. The molecule has 0 heterocycles. The summed E-state index contributed by atoms with van der Waals surface area (Å²) in [4.78, 5) is 0. The summed E-state index contributed by atoms with van der Waals surface area (Å²) in [5, 5.41) is -0.215. The van der Waals surface area contributed by atoms with E-state index < -0.39 is 20.7 Å². The van der Waals surface area contributed by atoms with Gasteiger partial charge in [0.15, 0.2) is 0 Å². The summed E-state index contributed by atoms with van der Waals surface area (Å²) < 4.78 is 6.99. The van der Waals surface area contributed by atoms with E-state index in [4.69, 9.17) is 25.2 Å². The zero-order valence-corrected chi connectivity index (χ0v) is 23.1. The van der Waals surface area contributed by atoms with Gasteiger partial charge in [0.05, 0.1) is 19.3 Å². The zero-order valence-electron chi connectivity index (χ0n) is 20.4. The van der Waals surface area contributed by atoms with Crippen molar-refractivity contribution in [1.29, 1.82) is 0 Å². The maximum Gasteiger partial charge on any atom is 0.0816 e. The van der Waals surface area contributed by atoms with Gasteiger partial charge in [-0.2, -0.15) is 0 Å². The van der Waals surface area contributed by atoms with Crippen molar-refractivity contribution in [3.8, 4) is 0 Å². The summed E-state index contributed by atoms with van der Waals surface area (Å²) >= 11 is 0. The quantitative estimate of drug-likeness (QED) is 0.258. The van der Waals surface area contributed by atoms with E-state index in [1.54, 1.807) is 0 Å². The minimum absolute atomic E-state index is 0.121. The van der Waals surface area contributed by atoms with Crippen LogP contribution in [-0.4, -0.2) is 75.1 Å². The van der Waals surface area contributed by atoms with E-state index in [1.807, 2.05) is 0 Å². The Labute approximate surface area is 179 Å². The Morgan fingerprint density at radius 2 is 1.54 bits per heavy atom. The van der Waals surface area contributed by atoms with Crippen molar-refractivity contribution in [3.63, 3.8) is 0 Å². The normalized spacial score (nSPS) is 30.0. The third-order valence-corrected chi connectivity index (χ3v) is 24.1. The van der Waals surface area contributed by atoms with Gasteiger partial charge in [-0.15, -0.1) is 26.4 Å². The number of ether oxygens (including phenoxy) is 1. The highest BCUT2D eigenvalue weighted by Gasteiger charge is 2.48.